The van der Waals surface area contributed by atoms with Gasteiger partial charge in [-0.05, 0) is 33.9 Å². The molecule has 0 saturated carbocycles. The lowest BCUT2D eigenvalue weighted by Crippen LogP contribution is -2.14. The molecule has 0 aliphatic rings. The highest BCUT2D eigenvalue weighted by Crippen LogP contribution is 2.13. The zero-order valence-corrected chi connectivity index (χ0v) is 8.92. The van der Waals surface area contributed by atoms with Crippen molar-refractivity contribution in [3.05, 3.63) is 11.1 Å². The Bertz CT molecular complexity index is 207. The van der Waals surface area contributed by atoms with Crippen LogP contribution in [0.5, 0.6) is 0 Å². The topological polar surface area (TPSA) is 40.5 Å². The van der Waals surface area contributed by atoms with Crippen LogP contribution in [-0.2, 0) is 4.79 Å². The van der Waals surface area contributed by atoms with Crippen molar-refractivity contribution in [2.75, 3.05) is 20.6 Å². The van der Waals surface area contributed by atoms with Gasteiger partial charge in [-0.2, -0.15) is 0 Å². The highest BCUT2D eigenvalue weighted by atomic mass is 16.4. The first kappa shape index (κ1) is 12.2. The average molecular weight is 185 g/mol. The van der Waals surface area contributed by atoms with E-state index in [-0.39, 0.29) is 0 Å². The first-order valence-corrected chi connectivity index (χ1v) is 4.55. The van der Waals surface area contributed by atoms with Crippen molar-refractivity contribution in [2.45, 2.75) is 26.7 Å². The number of hydrogen-bond donors (Lipinski definition) is 1. The van der Waals surface area contributed by atoms with Crippen LogP contribution in [0.2, 0.25) is 0 Å². The van der Waals surface area contributed by atoms with Crippen LogP contribution in [-0.4, -0.2) is 36.6 Å². The number of carboxylic acids is 1. The van der Waals surface area contributed by atoms with Gasteiger partial charge in [0.25, 0.3) is 0 Å². The number of aliphatic carboxylic acids is 1. The molecule has 0 aliphatic heterocycles. The van der Waals surface area contributed by atoms with Crippen LogP contribution in [0.1, 0.15) is 26.7 Å². The summed E-state index contributed by atoms with van der Waals surface area (Å²) >= 11 is 0. The van der Waals surface area contributed by atoms with Gasteiger partial charge in [-0.15, -0.1) is 0 Å². The fourth-order valence-corrected chi connectivity index (χ4v) is 1.14. The molecular weight excluding hydrogens is 166 g/mol. The Hall–Kier alpha value is -0.830. The van der Waals surface area contributed by atoms with Crippen LogP contribution in [0.3, 0.4) is 0 Å². The maximum atomic E-state index is 10.7. The molecule has 0 saturated heterocycles. The van der Waals surface area contributed by atoms with Crippen LogP contribution < -0.4 is 0 Å². The van der Waals surface area contributed by atoms with E-state index in [9.17, 15) is 4.79 Å². The Labute approximate surface area is 80.0 Å². The standard InChI is InChI=1S/C10H19NO2/c1-5-9(6-7-11(3)4)8(2)10(12)13/h5-7H2,1-4H3,(H,12,13). The van der Waals surface area contributed by atoms with E-state index in [1.54, 1.807) is 6.92 Å². The lowest BCUT2D eigenvalue weighted by Gasteiger charge is -2.12. The molecule has 76 valence electrons. The van der Waals surface area contributed by atoms with E-state index in [1.165, 1.54) is 0 Å². The molecule has 0 fully saturated rings. The van der Waals surface area contributed by atoms with E-state index in [0.29, 0.717) is 5.57 Å². The molecule has 0 heterocycles. The van der Waals surface area contributed by atoms with Crippen molar-refractivity contribution in [2.24, 2.45) is 0 Å². The molecule has 1 N–H and O–H groups in total. The van der Waals surface area contributed by atoms with Gasteiger partial charge < -0.3 is 10.0 Å². The van der Waals surface area contributed by atoms with E-state index < -0.39 is 5.97 Å². The number of carbonyl (C=O) groups is 1. The molecular formula is C10H19NO2. The first-order chi connectivity index (χ1) is 5.99. The Kier molecular flexibility index (Phi) is 5.39. The predicted octanol–water partition coefficient (Wildman–Crippen LogP) is 1.75. The third-order valence-corrected chi connectivity index (χ3v) is 2.14. The van der Waals surface area contributed by atoms with Gasteiger partial charge in [-0.1, -0.05) is 12.5 Å². The quantitative estimate of drug-likeness (QED) is 0.663. The van der Waals surface area contributed by atoms with Crippen LogP contribution >= 0.6 is 0 Å². The zero-order chi connectivity index (χ0) is 10.4. The van der Waals surface area contributed by atoms with Crippen molar-refractivity contribution in [3.8, 4) is 0 Å². The van der Waals surface area contributed by atoms with Crippen LogP contribution in [0.25, 0.3) is 0 Å². The maximum absolute atomic E-state index is 10.7. The molecule has 0 aromatic heterocycles. The average Bonchev–Trinajstić information content (AvgIpc) is 2.04. The van der Waals surface area contributed by atoms with E-state index in [4.69, 9.17) is 5.11 Å². The molecule has 0 unspecified atom stereocenters. The van der Waals surface area contributed by atoms with Crippen LogP contribution in [0, 0.1) is 0 Å². The van der Waals surface area contributed by atoms with E-state index in [1.807, 2.05) is 21.0 Å². The molecule has 0 aromatic carbocycles. The second kappa shape index (κ2) is 5.75. The second-order valence-electron chi connectivity index (χ2n) is 3.44. The molecule has 3 nitrogen and oxygen atoms in total. The summed E-state index contributed by atoms with van der Waals surface area (Å²) in [5.41, 5.74) is 1.55. The van der Waals surface area contributed by atoms with E-state index in [0.717, 1.165) is 25.0 Å². The number of carboxylic acid groups (broad SMARTS) is 1. The summed E-state index contributed by atoms with van der Waals surface area (Å²) in [6.45, 7) is 4.59. The summed E-state index contributed by atoms with van der Waals surface area (Å²) in [6, 6.07) is 0. The van der Waals surface area contributed by atoms with E-state index >= 15 is 0 Å². The molecule has 0 spiro atoms. The van der Waals surface area contributed by atoms with Gasteiger partial charge >= 0.3 is 5.97 Å². The SMILES string of the molecule is CCC(CCN(C)C)=C(C)C(=O)O. The minimum atomic E-state index is -0.796. The minimum Gasteiger partial charge on any atom is -0.478 e. The maximum Gasteiger partial charge on any atom is 0.331 e. The Morgan fingerprint density at radius 3 is 2.23 bits per heavy atom. The molecule has 0 aliphatic carbocycles. The Morgan fingerprint density at radius 2 is 1.92 bits per heavy atom. The van der Waals surface area contributed by atoms with Gasteiger partial charge in [0.15, 0.2) is 0 Å². The van der Waals surface area contributed by atoms with Crippen LogP contribution in [0.15, 0.2) is 11.1 Å². The van der Waals surface area contributed by atoms with Gasteiger partial charge in [0, 0.05) is 12.1 Å². The lowest BCUT2D eigenvalue weighted by molar-refractivity contribution is -0.132. The predicted molar refractivity (Wildman–Crippen MR) is 53.8 cm³/mol. The van der Waals surface area contributed by atoms with E-state index in [2.05, 4.69) is 4.90 Å². The van der Waals surface area contributed by atoms with Gasteiger partial charge in [-0.25, -0.2) is 4.79 Å². The summed E-state index contributed by atoms with van der Waals surface area (Å²) in [4.78, 5) is 12.7. The molecule has 0 atom stereocenters. The van der Waals surface area contributed by atoms with Gasteiger partial charge in [-0.3, -0.25) is 0 Å². The number of hydrogen-bond acceptors (Lipinski definition) is 2. The molecule has 3 heteroatoms. The summed E-state index contributed by atoms with van der Waals surface area (Å²) in [5.74, 6) is -0.796. The molecule has 0 amide bonds. The summed E-state index contributed by atoms with van der Waals surface area (Å²) in [5, 5.41) is 8.78. The van der Waals surface area contributed by atoms with Crippen molar-refractivity contribution in [3.63, 3.8) is 0 Å². The summed E-state index contributed by atoms with van der Waals surface area (Å²) < 4.78 is 0. The zero-order valence-electron chi connectivity index (χ0n) is 8.92. The molecule has 0 radical (unpaired) electrons. The normalized spacial score (nSPS) is 13.0. The summed E-state index contributed by atoms with van der Waals surface area (Å²) in [7, 11) is 3.98. The fraction of sp³-hybridized carbons (Fsp3) is 0.700. The van der Waals surface area contributed by atoms with Gasteiger partial charge in [0.05, 0.1) is 0 Å². The second-order valence-corrected chi connectivity index (χ2v) is 3.44. The Morgan fingerprint density at radius 1 is 1.38 bits per heavy atom. The Balaban J connectivity index is 4.32. The smallest absolute Gasteiger partial charge is 0.331 e. The van der Waals surface area contributed by atoms with Crippen LogP contribution in [0.4, 0.5) is 0 Å². The molecule has 0 bridgehead atoms. The van der Waals surface area contributed by atoms with Gasteiger partial charge in [0.2, 0.25) is 0 Å². The largest absolute Gasteiger partial charge is 0.478 e. The summed E-state index contributed by atoms with van der Waals surface area (Å²) in [6.07, 6.45) is 1.67. The highest BCUT2D eigenvalue weighted by Gasteiger charge is 2.07. The lowest BCUT2D eigenvalue weighted by atomic mass is 10.0. The minimum absolute atomic E-state index is 0.504. The monoisotopic (exact) mass is 185 g/mol. The third-order valence-electron chi connectivity index (χ3n) is 2.14. The molecule has 0 aromatic rings. The van der Waals surface area contributed by atoms with Gasteiger partial charge in [0.1, 0.15) is 0 Å². The number of nitrogens with zero attached hydrogens (tertiary/aromatic N) is 1. The fourth-order valence-electron chi connectivity index (χ4n) is 1.14. The van der Waals surface area contributed by atoms with Crippen molar-refractivity contribution in [1.29, 1.82) is 0 Å². The number of rotatable bonds is 5. The third kappa shape index (κ3) is 4.68. The van der Waals surface area contributed by atoms with Crippen molar-refractivity contribution >= 4 is 5.97 Å². The van der Waals surface area contributed by atoms with Crippen molar-refractivity contribution in [1.82, 2.24) is 4.90 Å². The van der Waals surface area contributed by atoms with Crippen molar-refractivity contribution < 1.29 is 9.90 Å². The molecule has 13 heavy (non-hydrogen) atoms. The highest BCUT2D eigenvalue weighted by molar-refractivity contribution is 5.86. The molecule has 0 rings (SSSR count). The first-order valence-electron chi connectivity index (χ1n) is 4.55.